The van der Waals surface area contributed by atoms with Gasteiger partial charge in [-0.05, 0) is 38.5 Å². The Hall–Kier alpha value is -1.06. The van der Waals surface area contributed by atoms with E-state index in [0.29, 0.717) is 6.61 Å². The molecule has 1 aromatic carbocycles. The van der Waals surface area contributed by atoms with Crippen LogP contribution in [0.4, 0.5) is 5.69 Å². The first-order valence-electron chi connectivity index (χ1n) is 4.90. The number of rotatable bonds is 2. The first kappa shape index (κ1) is 13.9. The third-order valence-electron chi connectivity index (χ3n) is 1.65. The largest absolute Gasteiger partial charge is 0.400 e. The second-order valence-corrected chi connectivity index (χ2v) is 4.14. The van der Waals surface area contributed by atoms with Crippen molar-refractivity contribution in [3.05, 3.63) is 29.8 Å². The number of ether oxygens (including phenoxy) is 1. The van der Waals surface area contributed by atoms with Crippen molar-refractivity contribution in [3.8, 4) is 0 Å². The Morgan fingerprint density at radius 1 is 1.13 bits per heavy atom. The molecule has 0 aliphatic carbocycles. The van der Waals surface area contributed by atoms with Crippen molar-refractivity contribution in [3.63, 3.8) is 0 Å². The van der Waals surface area contributed by atoms with Crippen LogP contribution in [0.2, 0.25) is 0 Å². The molecule has 1 aromatic rings. The minimum Gasteiger partial charge on any atom is -0.400 e. The zero-order valence-corrected chi connectivity index (χ0v) is 9.95. The van der Waals surface area contributed by atoms with E-state index in [1.165, 1.54) is 0 Å². The van der Waals surface area contributed by atoms with Crippen molar-refractivity contribution < 1.29 is 9.84 Å². The van der Waals surface area contributed by atoms with E-state index in [4.69, 9.17) is 15.6 Å². The first-order valence-corrected chi connectivity index (χ1v) is 4.90. The van der Waals surface area contributed by atoms with Crippen LogP contribution in [0, 0.1) is 0 Å². The van der Waals surface area contributed by atoms with Gasteiger partial charge in [0, 0.05) is 12.8 Å². The van der Waals surface area contributed by atoms with Crippen LogP contribution >= 0.6 is 0 Å². The van der Waals surface area contributed by atoms with E-state index >= 15 is 0 Å². The number of anilines is 1. The van der Waals surface area contributed by atoms with Crippen LogP contribution in [0.1, 0.15) is 26.3 Å². The third kappa shape index (κ3) is 6.94. The van der Waals surface area contributed by atoms with Crippen LogP contribution in [0.15, 0.2) is 24.3 Å². The van der Waals surface area contributed by atoms with Gasteiger partial charge >= 0.3 is 0 Å². The maximum atomic E-state index is 7.00. The Bertz CT molecular complexity index is 262. The maximum Gasteiger partial charge on any atom is 0.0724 e. The van der Waals surface area contributed by atoms with Gasteiger partial charge in [-0.25, -0.2) is 0 Å². The lowest BCUT2D eigenvalue weighted by Gasteiger charge is -2.19. The molecule has 0 atom stereocenters. The molecule has 0 radical (unpaired) electrons. The molecule has 0 aliphatic rings. The molecule has 0 spiro atoms. The summed E-state index contributed by atoms with van der Waals surface area (Å²) in [6.07, 6.45) is 0. The minimum atomic E-state index is -0.0820. The molecule has 0 unspecified atom stereocenters. The van der Waals surface area contributed by atoms with Gasteiger partial charge in [0.2, 0.25) is 0 Å². The van der Waals surface area contributed by atoms with E-state index in [1.807, 2.05) is 45.0 Å². The lowest BCUT2D eigenvalue weighted by molar-refractivity contribution is -0.0149. The topological polar surface area (TPSA) is 55.5 Å². The van der Waals surface area contributed by atoms with Crippen LogP contribution in [0.5, 0.6) is 0 Å². The summed E-state index contributed by atoms with van der Waals surface area (Å²) in [5.41, 5.74) is 7.43. The van der Waals surface area contributed by atoms with Gasteiger partial charge in [-0.1, -0.05) is 12.1 Å². The Balaban J connectivity index is 0.000000921. The number of benzene rings is 1. The molecule has 1 rings (SSSR count). The van der Waals surface area contributed by atoms with E-state index in [9.17, 15) is 0 Å². The summed E-state index contributed by atoms with van der Waals surface area (Å²) in [5.74, 6) is 0. The molecule has 0 amide bonds. The van der Waals surface area contributed by atoms with Crippen molar-refractivity contribution >= 4 is 5.69 Å². The van der Waals surface area contributed by atoms with Gasteiger partial charge in [0.25, 0.3) is 0 Å². The van der Waals surface area contributed by atoms with E-state index in [0.717, 1.165) is 18.4 Å². The standard InChI is InChI=1S/C11H17NO.CH4O/c1-11(2,3)13-8-9-4-6-10(12)7-5-9;1-2/h4-7H,8,12H2,1-3H3;2H,1H3. The molecule has 0 aromatic heterocycles. The van der Waals surface area contributed by atoms with Crippen molar-refractivity contribution in [1.29, 1.82) is 0 Å². The maximum absolute atomic E-state index is 7.00. The number of hydrogen-bond donors (Lipinski definition) is 2. The van der Waals surface area contributed by atoms with Gasteiger partial charge in [-0.15, -0.1) is 0 Å². The zero-order valence-electron chi connectivity index (χ0n) is 9.95. The molecular weight excluding hydrogens is 190 g/mol. The Kier molecular flexibility index (Phi) is 5.97. The van der Waals surface area contributed by atoms with Crippen LogP contribution < -0.4 is 5.73 Å². The van der Waals surface area contributed by atoms with Gasteiger partial charge < -0.3 is 15.6 Å². The monoisotopic (exact) mass is 211 g/mol. The lowest BCUT2D eigenvalue weighted by Crippen LogP contribution is -2.18. The molecule has 0 aliphatic heterocycles. The summed E-state index contributed by atoms with van der Waals surface area (Å²) in [6.45, 7) is 6.78. The number of aliphatic hydroxyl groups is 1. The minimum absolute atomic E-state index is 0.0820. The highest BCUT2D eigenvalue weighted by Gasteiger charge is 2.09. The molecule has 0 saturated carbocycles. The first-order chi connectivity index (χ1) is 6.97. The summed E-state index contributed by atoms with van der Waals surface area (Å²) in [7, 11) is 1.00. The predicted molar refractivity (Wildman–Crippen MR) is 63.5 cm³/mol. The van der Waals surface area contributed by atoms with Crippen LogP contribution in [-0.4, -0.2) is 17.8 Å². The summed E-state index contributed by atoms with van der Waals surface area (Å²) in [6, 6.07) is 7.75. The SMILES string of the molecule is CC(C)(C)OCc1ccc(N)cc1.CO. The third-order valence-corrected chi connectivity index (χ3v) is 1.65. The van der Waals surface area contributed by atoms with Crippen molar-refractivity contribution in [2.75, 3.05) is 12.8 Å². The number of aliphatic hydroxyl groups excluding tert-OH is 1. The molecule has 3 heteroatoms. The molecule has 0 saturated heterocycles. The highest BCUT2D eigenvalue weighted by atomic mass is 16.5. The Labute approximate surface area is 91.9 Å². The highest BCUT2D eigenvalue weighted by molar-refractivity contribution is 5.39. The molecule has 15 heavy (non-hydrogen) atoms. The molecule has 0 heterocycles. The average Bonchev–Trinajstić information content (AvgIpc) is 2.19. The lowest BCUT2D eigenvalue weighted by atomic mass is 10.2. The normalized spacial score (nSPS) is 10.5. The van der Waals surface area contributed by atoms with E-state index < -0.39 is 0 Å². The fourth-order valence-corrected chi connectivity index (χ4v) is 0.914. The summed E-state index contributed by atoms with van der Waals surface area (Å²) >= 11 is 0. The predicted octanol–water partition coefficient (Wildman–Crippen LogP) is 2.19. The molecule has 86 valence electrons. The zero-order chi connectivity index (χ0) is 11.9. The highest BCUT2D eigenvalue weighted by Crippen LogP contribution is 2.12. The Morgan fingerprint density at radius 3 is 2.00 bits per heavy atom. The second kappa shape index (κ2) is 6.43. The average molecular weight is 211 g/mol. The molecular formula is C12H21NO2. The van der Waals surface area contributed by atoms with E-state index in [2.05, 4.69) is 0 Å². The van der Waals surface area contributed by atoms with Gasteiger partial charge in [0.15, 0.2) is 0 Å². The van der Waals surface area contributed by atoms with E-state index in [-0.39, 0.29) is 5.60 Å². The molecule has 3 N–H and O–H groups in total. The van der Waals surface area contributed by atoms with Gasteiger partial charge in [-0.2, -0.15) is 0 Å². The van der Waals surface area contributed by atoms with E-state index in [1.54, 1.807) is 0 Å². The smallest absolute Gasteiger partial charge is 0.0724 e. The van der Waals surface area contributed by atoms with Crippen molar-refractivity contribution in [2.45, 2.75) is 33.0 Å². The molecule has 3 nitrogen and oxygen atoms in total. The summed E-state index contributed by atoms with van der Waals surface area (Å²) in [5, 5.41) is 7.00. The summed E-state index contributed by atoms with van der Waals surface area (Å²) < 4.78 is 5.61. The van der Waals surface area contributed by atoms with Crippen LogP contribution in [0.3, 0.4) is 0 Å². The van der Waals surface area contributed by atoms with Gasteiger partial charge in [-0.3, -0.25) is 0 Å². The fourth-order valence-electron chi connectivity index (χ4n) is 0.914. The quantitative estimate of drug-likeness (QED) is 0.737. The number of hydrogen-bond acceptors (Lipinski definition) is 3. The van der Waals surface area contributed by atoms with Crippen LogP contribution in [0.25, 0.3) is 0 Å². The fraction of sp³-hybridized carbons (Fsp3) is 0.500. The number of nitrogens with two attached hydrogens (primary N) is 1. The summed E-state index contributed by atoms with van der Waals surface area (Å²) in [4.78, 5) is 0. The van der Waals surface area contributed by atoms with Crippen molar-refractivity contribution in [1.82, 2.24) is 0 Å². The van der Waals surface area contributed by atoms with Crippen molar-refractivity contribution in [2.24, 2.45) is 0 Å². The molecule has 0 fully saturated rings. The Morgan fingerprint density at radius 2 is 1.60 bits per heavy atom. The van der Waals surface area contributed by atoms with Gasteiger partial charge in [0.05, 0.1) is 12.2 Å². The molecule has 0 bridgehead atoms. The number of nitrogen functional groups attached to an aromatic ring is 1. The van der Waals surface area contributed by atoms with Crippen LogP contribution in [-0.2, 0) is 11.3 Å². The second-order valence-electron chi connectivity index (χ2n) is 4.14. The van der Waals surface area contributed by atoms with Gasteiger partial charge in [0.1, 0.15) is 0 Å².